The number of anilines is 2. The molecule has 0 aromatic carbocycles. The monoisotopic (exact) mass is 274 g/mol. The van der Waals surface area contributed by atoms with Gasteiger partial charge in [0.25, 0.3) is 0 Å². The van der Waals surface area contributed by atoms with Crippen molar-refractivity contribution in [2.24, 2.45) is 0 Å². The Kier molecular flexibility index (Phi) is 3.74. The van der Waals surface area contributed by atoms with Crippen LogP contribution in [0.4, 0.5) is 17.5 Å². The van der Waals surface area contributed by atoms with E-state index in [1.807, 2.05) is 12.1 Å². The van der Waals surface area contributed by atoms with E-state index in [1.165, 1.54) is 0 Å². The number of aromatic nitrogens is 3. The van der Waals surface area contributed by atoms with Gasteiger partial charge < -0.3 is 10.6 Å². The molecule has 20 heavy (non-hydrogen) atoms. The normalized spacial score (nSPS) is 10.3. The highest BCUT2D eigenvalue weighted by Crippen LogP contribution is 2.29. The first-order chi connectivity index (χ1) is 9.49. The molecule has 0 aliphatic carbocycles. The average Bonchev–Trinajstić information content (AvgIpc) is 2.38. The summed E-state index contributed by atoms with van der Waals surface area (Å²) < 4.78 is 0. The molecule has 0 fully saturated rings. The number of rotatable bonds is 4. The molecule has 0 spiro atoms. The van der Waals surface area contributed by atoms with Crippen LogP contribution in [0, 0.1) is 17.0 Å². The number of pyridine rings is 1. The smallest absolute Gasteiger partial charge is 0.332 e. The molecular formula is C12H14N6O2. The van der Waals surface area contributed by atoms with Crippen LogP contribution < -0.4 is 10.6 Å². The van der Waals surface area contributed by atoms with Crippen molar-refractivity contribution in [3.63, 3.8) is 0 Å². The van der Waals surface area contributed by atoms with Crippen molar-refractivity contribution in [3.05, 3.63) is 45.9 Å². The van der Waals surface area contributed by atoms with Gasteiger partial charge in [0.15, 0.2) is 0 Å². The van der Waals surface area contributed by atoms with Gasteiger partial charge in [0, 0.05) is 26.0 Å². The fourth-order valence-corrected chi connectivity index (χ4v) is 1.89. The predicted molar refractivity (Wildman–Crippen MR) is 74.2 cm³/mol. The Hall–Kier alpha value is -2.77. The van der Waals surface area contributed by atoms with Crippen LogP contribution in [0.1, 0.15) is 11.3 Å². The van der Waals surface area contributed by atoms with Gasteiger partial charge in [-0.25, -0.2) is 4.98 Å². The zero-order chi connectivity index (χ0) is 14.7. The molecule has 104 valence electrons. The Morgan fingerprint density at radius 2 is 2.00 bits per heavy atom. The molecule has 0 saturated carbocycles. The van der Waals surface area contributed by atoms with E-state index in [-0.39, 0.29) is 23.1 Å². The number of nitrogen functional groups attached to an aromatic ring is 1. The van der Waals surface area contributed by atoms with Crippen molar-refractivity contribution < 1.29 is 4.92 Å². The highest BCUT2D eigenvalue weighted by atomic mass is 16.6. The van der Waals surface area contributed by atoms with Crippen LogP contribution in [0.15, 0.2) is 24.5 Å². The average molecular weight is 274 g/mol. The molecule has 0 amide bonds. The van der Waals surface area contributed by atoms with Crippen LogP contribution in [0.2, 0.25) is 0 Å². The van der Waals surface area contributed by atoms with Crippen molar-refractivity contribution >= 4 is 17.5 Å². The number of hydrogen-bond acceptors (Lipinski definition) is 7. The van der Waals surface area contributed by atoms with Crippen molar-refractivity contribution in [1.82, 2.24) is 15.0 Å². The Morgan fingerprint density at radius 3 is 2.60 bits per heavy atom. The van der Waals surface area contributed by atoms with Crippen LogP contribution in [-0.2, 0) is 6.54 Å². The van der Waals surface area contributed by atoms with E-state index in [1.54, 1.807) is 31.3 Å². The van der Waals surface area contributed by atoms with Crippen molar-refractivity contribution in [3.8, 4) is 0 Å². The Labute approximate surface area is 115 Å². The van der Waals surface area contributed by atoms with Gasteiger partial charge >= 0.3 is 5.69 Å². The van der Waals surface area contributed by atoms with E-state index >= 15 is 0 Å². The minimum Gasteiger partial charge on any atom is -0.368 e. The van der Waals surface area contributed by atoms with E-state index < -0.39 is 4.92 Å². The lowest BCUT2D eigenvalue weighted by Crippen LogP contribution is -2.20. The van der Waals surface area contributed by atoms with E-state index in [2.05, 4.69) is 15.0 Å². The SMILES string of the molecule is Cc1nc(N)nc(N(C)Cc2ccncc2)c1[N+](=O)[O-]. The number of nitro groups is 1. The molecule has 2 aromatic heterocycles. The van der Waals surface area contributed by atoms with Crippen molar-refractivity contribution in [2.75, 3.05) is 17.7 Å². The Morgan fingerprint density at radius 1 is 1.35 bits per heavy atom. The second kappa shape index (κ2) is 5.47. The lowest BCUT2D eigenvalue weighted by atomic mass is 10.2. The first-order valence-corrected chi connectivity index (χ1v) is 5.87. The highest BCUT2D eigenvalue weighted by molar-refractivity contribution is 5.61. The first-order valence-electron chi connectivity index (χ1n) is 5.87. The van der Waals surface area contributed by atoms with Crippen molar-refractivity contribution in [2.45, 2.75) is 13.5 Å². The van der Waals surface area contributed by atoms with Crippen molar-refractivity contribution in [1.29, 1.82) is 0 Å². The second-order valence-electron chi connectivity index (χ2n) is 4.31. The number of aryl methyl sites for hydroxylation is 1. The summed E-state index contributed by atoms with van der Waals surface area (Å²) in [6.45, 7) is 2.00. The van der Waals surface area contributed by atoms with Gasteiger partial charge in [0.2, 0.25) is 11.8 Å². The lowest BCUT2D eigenvalue weighted by Gasteiger charge is -2.18. The third kappa shape index (κ3) is 2.79. The van der Waals surface area contributed by atoms with Gasteiger partial charge in [0.05, 0.1) is 4.92 Å². The molecule has 0 bridgehead atoms. The molecule has 8 heteroatoms. The fraction of sp³-hybridized carbons (Fsp3) is 0.250. The Bertz CT molecular complexity index is 631. The molecule has 0 aliphatic heterocycles. The molecule has 0 atom stereocenters. The minimum atomic E-state index is -0.493. The number of nitrogens with zero attached hydrogens (tertiary/aromatic N) is 5. The third-order valence-corrected chi connectivity index (χ3v) is 2.77. The fourth-order valence-electron chi connectivity index (χ4n) is 1.89. The van der Waals surface area contributed by atoms with Crippen LogP contribution in [0.25, 0.3) is 0 Å². The second-order valence-corrected chi connectivity index (χ2v) is 4.31. The molecule has 8 nitrogen and oxygen atoms in total. The summed E-state index contributed by atoms with van der Waals surface area (Å²) in [5.74, 6) is 0.224. The summed E-state index contributed by atoms with van der Waals surface area (Å²) >= 11 is 0. The van der Waals surface area contributed by atoms with E-state index in [4.69, 9.17) is 5.73 Å². The molecular weight excluding hydrogens is 260 g/mol. The number of nitrogens with two attached hydrogens (primary N) is 1. The summed E-state index contributed by atoms with van der Waals surface area (Å²) in [7, 11) is 1.72. The van der Waals surface area contributed by atoms with Gasteiger partial charge in [-0.1, -0.05) is 0 Å². The molecule has 2 aromatic rings. The van der Waals surface area contributed by atoms with Gasteiger partial charge in [-0.05, 0) is 24.6 Å². The largest absolute Gasteiger partial charge is 0.368 e. The molecule has 0 radical (unpaired) electrons. The van der Waals surface area contributed by atoms with Gasteiger partial charge in [0.1, 0.15) is 5.69 Å². The van der Waals surface area contributed by atoms with Crippen LogP contribution in [-0.4, -0.2) is 26.9 Å². The topological polar surface area (TPSA) is 111 Å². The number of hydrogen-bond donors (Lipinski definition) is 1. The summed E-state index contributed by atoms with van der Waals surface area (Å²) in [4.78, 5) is 24.1. The highest BCUT2D eigenvalue weighted by Gasteiger charge is 2.24. The summed E-state index contributed by atoms with van der Waals surface area (Å²) in [5, 5.41) is 11.2. The minimum absolute atomic E-state index is 0.0182. The molecule has 2 rings (SSSR count). The zero-order valence-corrected chi connectivity index (χ0v) is 11.1. The van der Waals surface area contributed by atoms with Crippen LogP contribution in [0.5, 0.6) is 0 Å². The van der Waals surface area contributed by atoms with Gasteiger partial charge in [-0.15, -0.1) is 0 Å². The molecule has 0 unspecified atom stereocenters. The van der Waals surface area contributed by atoms with Crippen LogP contribution in [0.3, 0.4) is 0 Å². The van der Waals surface area contributed by atoms with E-state index in [0.717, 1.165) is 5.56 Å². The standard InChI is InChI=1S/C12H14N6O2/c1-8-10(18(19)20)11(16-12(13)15-8)17(2)7-9-3-5-14-6-4-9/h3-6H,7H2,1-2H3,(H2,13,15,16). The summed E-state index contributed by atoms with van der Waals surface area (Å²) in [6, 6.07) is 3.67. The van der Waals surface area contributed by atoms with E-state index in [0.29, 0.717) is 6.54 Å². The summed E-state index contributed by atoms with van der Waals surface area (Å²) in [5.41, 5.74) is 6.66. The molecule has 0 aliphatic rings. The third-order valence-electron chi connectivity index (χ3n) is 2.77. The van der Waals surface area contributed by atoms with E-state index in [9.17, 15) is 10.1 Å². The molecule has 0 saturated heterocycles. The zero-order valence-electron chi connectivity index (χ0n) is 11.1. The quantitative estimate of drug-likeness (QED) is 0.660. The lowest BCUT2D eigenvalue weighted by molar-refractivity contribution is -0.385. The maximum absolute atomic E-state index is 11.2. The first kappa shape index (κ1) is 13.7. The maximum Gasteiger partial charge on any atom is 0.332 e. The van der Waals surface area contributed by atoms with Crippen LogP contribution >= 0.6 is 0 Å². The maximum atomic E-state index is 11.2. The predicted octanol–water partition coefficient (Wildman–Crippen LogP) is 1.31. The molecule has 2 N–H and O–H groups in total. The van der Waals surface area contributed by atoms with Gasteiger partial charge in [-0.3, -0.25) is 15.1 Å². The summed E-state index contributed by atoms with van der Waals surface area (Å²) in [6.07, 6.45) is 3.33. The Balaban J connectivity index is 2.38. The molecule has 2 heterocycles. The van der Waals surface area contributed by atoms with Gasteiger partial charge in [-0.2, -0.15) is 4.98 Å².